The van der Waals surface area contributed by atoms with E-state index >= 15 is 0 Å². The Morgan fingerprint density at radius 1 is 1.10 bits per heavy atom. The third-order valence-corrected chi connectivity index (χ3v) is 7.91. The Kier molecular flexibility index (Phi) is 5.48. The number of nitrogens with zero attached hydrogens (tertiary/aromatic N) is 4. The van der Waals surface area contributed by atoms with Crippen LogP contribution in [-0.2, 0) is 21.1 Å². The van der Waals surface area contributed by atoms with Gasteiger partial charge in [-0.15, -0.1) is 0 Å². The molecule has 1 aromatic heterocycles. The molecule has 1 aromatic carbocycles. The van der Waals surface area contributed by atoms with Crippen molar-refractivity contribution in [2.45, 2.75) is 32.7 Å². The molecule has 156 valence electrons. The molecule has 2 fully saturated rings. The Hall–Kier alpha value is -2.19. The number of piperazine rings is 1. The second kappa shape index (κ2) is 7.91. The fourth-order valence-electron chi connectivity index (χ4n) is 4.41. The van der Waals surface area contributed by atoms with Gasteiger partial charge in [-0.2, -0.15) is 5.10 Å². The van der Waals surface area contributed by atoms with Gasteiger partial charge in [-0.1, -0.05) is 18.2 Å². The highest BCUT2D eigenvalue weighted by molar-refractivity contribution is 7.91. The summed E-state index contributed by atoms with van der Waals surface area (Å²) >= 11 is 0. The molecule has 7 nitrogen and oxygen atoms in total. The zero-order valence-electron chi connectivity index (χ0n) is 17.0. The fourth-order valence-corrected chi connectivity index (χ4v) is 6.18. The third-order valence-electron chi connectivity index (χ3n) is 6.16. The smallest absolute Gasteiger partial charge is 0.227 e. The highest BCUT2D eigenvalue weighted by atomic mass is 32.2. The molecule has 0 N–H and O–H groups in total. The number of aryl methyl sites for hydroxylation is 1. The van der Waals surface area contributed by atoms with Gasteiger partial charge in [0.2, 0.25) is 5.91 Å². The Morgan fingerprint density at radius 3 is 2.41 bits per heavy atom. The maximum Gasteiger partial charge on any atom is 0.227 e. The highest BCUT2D eigenvalue weighted by Crippen LogP contribution is 2.21. The molecule has 0 radical (unpaired) electrons. The quantitative estimate of drug-likeness (QED) is 0.752. The van der Waals surface area contributed by atoms with E-state index in [9.17, 15) is 13.2 Å². The summed E-state index contributed by atoms with van der Waals surface area (Å²) in [6.45, 7) is 6.75. The maximum absolute atomic E-state index is 12.9. The van der Waals surface area contributed by atoms with Crippen LogP contribution in [0.5, 0.6) is 0 Å². The molecule has 3 heterocycles. The monoisotopic (exact) mass is 416 g/mol. The number of amides is 1. The summed E-state index contributed by atoms with van der Waals surface area (Å²) in [6.07, 6.45) is 1.07. The van der Waals surface area contributed by atoms with Crippen molar-refractivity contribution >= 4 is 15.7 Å². The minimum atomic E-state index is -2.88. The molecule has 0 saturated carbocycles. The maximum atomic E-state index is 12.9. The van der Waals surface area contributed by atoms with Gasteiger partial charge in [0.1, 0.15) is 0 Å². The molecule has 29 heavy (non-hydrogen) atoms. The number of hydrogen-bond acceptors (Lipinski definition) is 5. The molecule has 1 amide bonds. The number of sulfone groups is 1. The number of carbonyl (C=O) groups excluding carboxylic acids is 1. The van der Waals surface area contributed by atoms with Gasteiger partial charge in [0.15, 0.2) is 9.84 Å². The van der Waals surface area contributed by atoms with Crippen molar-refractivity contribution in [2.75, 3.05) is 37.7 Å². The van der Waals surface area contributed by atoms with Crippen LogP contribution in [0.3, 0.4) is 0 Å². The second-order valence-electron chi connectivity index (χ2n) is 8.05. The van der Waals surface area contributed by atoms with Gasteiger partial charge in [0.05, 0.1) is 29.3 Å². The molecule has 2 saturated heterocycles. The zero-order valence-corrected chi connectivity index (χ0v) is 17.9. The zero-order chi connectivity index (χ0) is 20.6. The molecule has 1 atom stereocenters. The molecule has 2 aromatic rings. The van der Waals surface area contributed by atoms with Gasteiger partial charge in [-0.05, 0) is 32.4 Å². The average molecular weight is 417 g/mol. The lowest BCUT2D eigenvalue weighted by Gasteiger charge is -2.37. The van der Waals surface area contributed by atoms with Crippen molar-refractivity contribution < 1.29 is 13.2 Å². The third kappa shape index (κ3) is 4.23. The van der Waals surface area contributed by atoms with Gasteiger partial charge >= 0.3 is 0 Å². The summed E-state index contributed by atoms with van der Waals surface area (Å²) in [5.41, 5.74) is 3.86. The van der Waals surface area contributed by atoms with Crippen LogP contribution in [-0.4, -0.2) is 77.6 Å². The molecule has 2 aliphatic rings. The molecular weight excluding hydrogens is 388 g/mol. The van der Waals surface area contributed by atoms with E-state index in [1.54, 1.807) is 0 Å². The summed E-state index contributed by atoms with van der Waals surface area (Å²) in [4.78, 5) is 17.1. The first-order valence-corrected chi connectivity index (χ1v) is 12.0. The average Bonchev–Trinajstić information content (AvgIpc) is 3.22. The molecule has 8 heteroatoms. The predicted molar refractivity (Wildman–Crippen MR) is 112 cm³/mol. The summed E-state index contributed by atoms with van der Waals surface area (Å²) < 4.78 is 25.4. The van der Waals surface area contributed by atoms with Crippen LogP contribution in [0, 0.1) is 13.8 Å². The van der Waals surface area contributed by atoms with E-state index in [0.717, 1.165) is 35.7 Å². The van der Waals surface area contributed by atoms with E-state index < -0.39 is 9.84 Å². The lowest BCUT2D eigenvalue weighted by Crippen LogP contribution is -2.52. The van der Waals surface area contributed by atoms with E-state index in [-0.39, 0.29) is 17.7 Å². The van der Waals surface area contributed by atoms with Gasteiger partial charge in [-0.3, -0.25) is 9.69 Å². The van der Waals surface area contributed by atoms with Crippen LogP contribution in [0.15, 0.2) is 30.3 Å². The standard InChI is InChI=1S/C21H28N4O3S/c1-16-20(17(2)25(22-16)18-6-4-3-5-7-18)14-21(26)24-11-9-23(10-12-24)19-8-13-29(27,28)15-19/h3-7,19H,8-15H2,1-2H3. The summed E-state index contributed by atoms with van der Waals surface area (Å²) in [7, 11) is -2.88. The largest absolute Gasteiger partial charge is 0.340 e. The van der Waals surface area contributed by atoms with E-state index in [1.807, 2.05) is 53.8 Å². The van der Waals surface area contributed by atoms with E-state index in [1.165, 1.54) is 0 Å². The number of rotatable bonds is 4. The number of para-hydroxylation sites is 1. The number of hydrogen-bond donors (Lipinski definition) is 0. The predicted octanol–water partition coefficient (Wildman–Crippen LogP) is 1.36. The van der Waals surface area contributed by atoms with Crippen LogP contribution in [0.2, 0.25) is 0 Å². The summed E-state index contributed by atoms with van der Waals surface area (Å²) in [6, 6.07) is 10.1. The van der Waals surface area contributed by atoms with Crippen molar-refractivity contribution in [1.82, 2.24) is 19.6 Å². The first kappa shape index (κ1) is 20.1. The van der Waals surface area contributed by atoms with Crippen LogP contribution in [0.25, 0.3) is 5.69 Å². The summed E-state index contributed by atoms with van der Waals surface area (Å²) in [5, 5.41) is 4.64. The van der Waals surface area contributed by atoms with Gasteiger partial charge < -0.3 is 4.90 Å². The number of aromatic nitrogens is 2. The van der Waals surface area contributed by atoms with E-state index in [0.29, 0.717) is 31.7 Å². The molecule has 4 rings (SSSR count). The molecular formula is C21H28N4O3S. The molecule has 0 aliphatic carbocycles. The van der Waals surface area contributed by atoms with Crippen molar-refractivity contribution in [3.8, 4) is 5.69 Å². The van der Waals surface area contributed by atoms with E-state index in [4.69, 9.17) is 0 Å². The summed E-state index contributed by atoms with van der Waals surface area (Å²) in [5.74, 6) is 0.668. The Balaban J connectivity index is 1.39. The van der Waals surface area contributed by atoms with E-state index in [2.05, 4.69) is 10.00 Å². The number of carbonyl (C=O) groups is 1. The SMILES string of the molecule is Cc1nn(-c2ccccc2)c(C)c1CC(=O)N1CCN(C2CCS(=O)(=O)C2)CC1. The first-order chi connectivity index (χ1) is 13.8. The van der Waals surface area contributed by atoms with Gasteiger partial charge in [0, 0.05) is 43.5 Å². The van der Waals surface area contributed by atoms with Gasteiger partial charge in [0.25, 0.3) is 0 Å². The first-order valence-electron chi connectivity index (χ1n) is 10.2. The fraction of sp³-hybridized carbons (Fsp3) is 0.524. The Morgan fingerprint density at radius 2 is 1.79 bits per heavy atom. The highest BCUT2D eigenvalue weighted by Gasteiger charge is 2.34. The molecule has 2 aliphatic heterocycles. The topological polar surface area (TPSA) is 75.5 Å². The minimum absolute atomic E-state index is 0.113. The lowest BCUT2D eigenvalue weighted by molar-refractivity contribution is -0.132. The van der Waals surface area contributed by atoms with Crippen LogP contribution in [0.1, 0.15) is 23.4 Å². The second-order valence-corrected chi connectivity index (χ2v) is 10.3. The van der Waals surface area contributed by atoms with Crippen molar-refractivity contribution in [3.63, 3.8) is 0 Å². The number of benzene rings is 1. The minimum Gasteiger partial charge on any atom is -0.340 e. The van der Waals surface area contributed by atoms with Crippen molar-refractivity contribution in [3.05, 3.63) is 47.3 Å². The lowest BCUT2D eigenvalue weighted by atomic mass is 10.1. The van der Waals surface area contributed by atoms with Crippen LogP contribution >= 0.6 is 0 Å². The van der Waals surface area contributed by atoms with Gasteiger partial charge in [-0.25, -0.2) is 13.1 Å². The van der Waals surface area contributed by atoms with Crippen molar-refractivity contribution in [2.24, 2.45) is 0 Å². The Labute approximate surface area is 172 Å². The normalized spacial score (nSPS) is 22.1. The van der Waals surface area contributed by atoms with Crippen LogP contribution in [0.4, 0.5) is 0 Å². The Bertz CT molecular complexity index is 992. The van der Waals surface area contributed by atoms with Crippen molar-refractivity contribution in [1.29, 1.82) is 0 Å². The molecule has 1 unspecified atom stereocenters. The molecule has 0 bridgehead atoms. The van der Waals surface area contributed by atoms with Crippen LogP contribution < -0.4 is 0 Å². The molecule has 0 spiro atoms.